The van der Waals surface area contributed by atoms with E-state index in [9.17, 15) is 0 Å². The van der Waals surface area contributed by atoms with Gasteiger partial charge in [-0.3, -0.25) is 0 Å². The van der Waals surface area contributed by atoms with Crippen LogP contribution in [0, 0.1) is 0 Å². The fourth-order valence-corrected chi connectivity index (χ4v) is 4.85. The molecule has 0 aliphatic carbocycles. The first kappa shape index (κ1) is 16.9. The Hall–Kier alpha value is -1.99. The topological polar surface area (TPSA) is 0 Å². The first-order chi connectivity index (χ1) is 11.6. The molecular weight excluding hydrogens is 308 g/mol. The Bertz CT molecular complexity index is 719. The normalized spacial score (nSPS) is 11.7. The van der Waals surface area contributed by atoms with Crippen LogP contribution in [0.3, 0.4) is 0 Å². The molecule has 0 bridgehead atoms. The molecule has 0 amide bonds. The van der Waals surface area contributed by atoms with E-state index in [0.717, 1.165) is 6.42 Å². The van der Waals surface area contributed by atoms with Gasteiger partial charge < -0.3 is 0 Å². The number of hydrogen-bond acceptors (Lipinski definition) is 0. The third-order valence-corrected chi connectivity index (χ3v) is 6.94. The second kappa shape index (κ2) is 7.27. The highest BCUT2D eigenvalue weighted by Gasteiger charge is 2.28. The second-order valence-corrected chi connectivity index (χ2v) is 8.72. The fraction of sp³-hybridized carbons (Fsp3) is 0.217. The second-order valence-electron chi connectivity index (χ2n) is 6.69. The van der Waals surface area contributed by atoms with Gasteiger partial charge in [0.25, 0.3) is 0 Å². The van der Waals surface area contributed by atoms with E-state index in [2.05, 4.69) is 106 Å². The van der Waals surface area contributed by atoms with E-state index >= 15 is 0 Å². The van der Waals surface area contributed by atoms with Crippen molar-refractivity contribution in [1.29, 1.82) is 0 Å². The van der Waals surface area contributed by atoms with Crippen LogP contribution in [-0.4, -0.2) is 0 Å². The van der Waals surface area contributed by atoms with Gasteiger partial charge in [0.1, 0.15) is 0 Å². The molecule has 0 aromatic heterocycles. The molecule has 3 aromatic carbocycles. The van der Waals surface area contributed by atoms with Crippen molar-refractivity contribution in [2.45, 2.75) is 47.3 Å². The average molecular weight is 334 g/mol. The predicted molar refractivity (Wildman–Crippen MR) is 105 cm³/mol. The molecule has 0 fully saturated rings. The smallest absolute Gasteiger partial charge is 0.0646 e. The van der Waals surface area contributed by atoms with Gasteiger partial charge >= 0.3 is 0 Å². The van der Waals surface area contributed by atoms with Crippen molar-refractivity contribution in [3.63, 3.8) is 0 Å². The van der Waals surface area contributed by atoms with Gasteiger partial charge in [0.2, 0.25) is 0 Å². The summed E-state index contributed by atoms with van der Waals surface area (Å²) in [4.78, 5) is 4.11. The van der Waals surface area contributed by atoms with Crippen molar-refractivity contribution in [1.82, 2.24) is 0 Å². The lowest BCUT2D eigenvalue weighted by Gasteiger charge is -2.23. The first-order valence-electron chi connectivity index (χ1n) is 8.57. The summed E-state index contributed by atoms with van der Waals surface area (Å²) < 4.78 is 0. The molecule has 122 valence electrons. The van der Waals surface area contributed by atoms with Gasteiger partial charge in [-0.05, 0) is 53.8 Å². The third-order valence-electron chi connectivity index (χ3n) is 4.71. The zero-order valence-corrected chi connectivity index (χ0v) is 15.5. The molecule has 0 heterocycles. The maximum Gasteiger partial charge on any atom is 0.166 e. The van der Waals surface area contributed by atoms with Crippen LogP contribution < -0.4 is 0 Å². The third kappa shape index (κ3) is 3.57. The number of benzene rings is 3. The van der Waals surface area contributed by atoms with Crippen molar-refractivity contribution >= 4 is 10.9 Å². The maximum absolute atomic E-state index is 2.32. The van der Waals surface area contributed by atoms with Crippen LogP contribution in [0.15, 0.2) is 99.6 Å². The zero-order valence-electron chi connectivity index (χ0n) is 14.7. The lowest BCUT2D eigenvalue weighted by atomic mass is 9.82. The Kier molecular flexibility index (Phi) is 5.11. The van der Waals surface area contributed by atoms with Crippen LogP contribution in [0.4, 0.5) is 0 Å². The largest absolute Gasteiger partial charge is 0.166 e. The van der Waals surface area contributed by atoms with Gasteiger partial charge in [-0.25, -0.2) is 0 Å². The van der Waals surface area contributed by atoms with Crippen LogP contribution in [0.1, 0.15) is 32.8 Å². The molecule has 0 nitrogen and oxygen atoms in total. The van der Waals surface area contributed by atoms with Crippen molar-refractivity contribution < 1.29 is 0 Å². The van der Waals surface area contributed by atoms with Crippen LogP contribution in [0.25, 0.3) is 0 Å². The van der Waals surface area contributed by atoms with Crippen LogP contribution in [-0.2, 0) is 16.3 Å². The summed E-state index contributed by atoms with van der Waals surface area (Å²) in [6.45, 7) is 6.89. The molecule has 3 aromatic rings. The van der Waals surface area contributed by atoms with E-state index in [1.807, 2.05) is 0 Å². The monoisotopic (exact) mass is 333 g/mol. The van der Waals surface area contributed by atoms with E-state index in [1.165, 1.54) is 20.2 Å². The van der Waals surface area contributed by atoms with E-state index in [0.29, 0.717) is 0 Å². The maximum atomic E-state index is 2.32. The lowest BCUT2D eigenvalue weighted by molar-refractivity contribution is 0.506. The van der Waals surface area contributed by atoms with Gasteiger partial charge in [-0.1, -0.05) is 69.3 Å². The Morgan fingerprint density at radius 3 is 1.46 bits per heavy atom. The standard InChI is InChI=1S/C23H25S/c1-4-23(2,3)19-15-17-22(18-16-19)24(20-11-7-5-8-12-20)21-13-9-6-10-14-21/h5-18H,4H2,1-3H3/q+1. The van der Waals surface area contributed by atoms with Crippen LogP contribution in [0.5, 0.6) is 0 Å². The molecule has 0 saturated heterocycles. The molecule has 0 spiro atoms. The molecule has 0 radical (unpaired) electrons. The first-order valence-corrected chi connectivity index (χ1v) is 9.79. The van der Waals surface area contributed by atoms with Crippen molar-refractivity contribution in [2.24, 2.45) is 0 Å². The van der Waals surface area contributed by atoms with Gasteiger partial charge in [0.05, 0.1) is 10.9 Å². The molecule has 0 unspecified atom stereocenters. The summed E-state index contributed by atoms with van der Waals surface area (Å²) in [6.07, 6.45) is 1.15. The van der Waals surface area contributed by atoms with Gasteiger partial charge in [0, 0.05) is 0 Å². The molecule has 0 N–H and O–H groups in total. The summed E-state index contributed by atoms with van der Waals surface area (Å²) in [7, 11) is -0.0516. The van der Waals surface area contributed by atoms with Gasteiger partial charge in [0.15, 0.2) is 14.7 Å². The minimum atomic E-state index is -0.0516. The Morgan fingerprint density at radius 2 is 1.04 bits per heavy atom. The zero-order chi connectivity index (χ0) is 17.0. The quantitative estimate of drug-likeness (QED) is 0.469. The minimum Gasteiger partial charge on any atom is -0.0646 e. The summed E-state index contributed by atoms with van der Waals surface area (Å²) >= 11 is 0. The average Bonchev–Trinajstić information content (AvgIpc) is 2.64. The highest BCUT2D eigenvalue weighted by Crippen LogP contribution is 2.33. The van der Waals surface area contributed by atoms with E-state index < -0.39 is 0 Å². The molecule has 1 heteroatoms. The van der Waals surface area contributed by atoms with Crippen molar-refractivity contribution in [2.75, 3.05) is 0 Å². The van der Waals surface area contributed by atoms with E-state index in [4.69, 9.17) is 0 Å². The van der Waals surface area contributed by atoms with Gasteiger partial charge in [-0.15, -0.1) is 0 Å². The lowest BCUT2D eigenvalue weighted by Crippen LogP contribution is -2.15. The number of rotatable bonds is 5. The Labute approximate surface area is 148 Å². The molecule has 0 aliphatic heterocycles. The Balaban J connectivity index is 2.04. The van der Waals surface area contributed by atoms with Gasteiger partial charge in [-0.2, -0.15) is 0 Å². The highest BCUT2D eigenvalue weighted by molar-refractivity contribution is 7.97. The molecule has 0 atom stereocenters. The van der Waals surface area contributed by atoms with Crippen molar-refractivity contribution in [3.05, 3.63) is 90.5 Å². The van der Waals surface area contributed by atoms with Crippen LogP contribution >= 0.6 is 0 Å². The minimum absolute atomic E-state index is 0.0516. The van der Waals surface area contributed by atoms with E-state index in [1.54, 1.807) is 0 Å². The summed E-state index contributed by atoms with van der Waals surface area (Å²) in [5, 5.41) is 0. The highest BCUT2D eigenvalue weighted by atomic mass is 32.2. The summed E-state index contributed by atoms with van der Waals surface area (Å²) in [5.41, 5.74) is 1.65. The van der Waals surface area contributed by atoms with Crippen molar-refractivity contribution in [3.8, 4) is 0 Å². The molecular formula is C23H25S+. The molecule has 0 saturated carbocycles. The summed E-state index contributed by atoms with van der Waals surface area (Å²) in [5.74, 6) is 0. The SMILES string of the molecule is CCC(C)(C)c1ccc([S+](c2ccccc2)c2ccccc2)cc1. The van der Waals surface area contributed by atoms with Crippen LogP contribution in [0.2, 0.25) is 0 Å². The molecule has 24 heavy (non-hydrogen) atoms. The Morgan fingerprint density at radius 1 is 0.625 bits per heavy atom. The molecule has 3 rings (SSSR count). The number of hydrogen-bond donors (Lipinski definition) is 0. The summed E-state index contributed by atoms with van der Waals surface area (Å²) in [6, 6.07) is 30.9. The predicted octanol–water partition coefficient (Wildman–Crippen LogP) is 6.47. The fourth-order valence-electron chi connectivity index (χ4n) is 2.77. The molecule has 0 aliphatic rings. The van der Waals surface area contributed by atoms with E-state index in [-0.39, 0.29) is 16.3 Å².